The van der Waals surface area contributed by atoms with Gasteiger partial charge in [0.05, 0.1) is 10.3 Å². The van der Waals surface area contributed by atoms with E-state index in [4.69, 9.17) is 39.2 Å². The summed E-state index contributed by atoms with van der Waals surface area (Å²) >= 11 is 18.8. The molecule has 1 N–H and O–H groups in total. The van der Waals surface area contributed by atoms with Gasteiger partial charge in [-0.15, -0.1) is 16.4 Å². The Hall–Kier alpha value is -1.69. The van der Waals surface area contributed by atoms with E-state index >= 15 is 0 Å². The van der Waals surface area contributed by atoms with Crippen molar-refractivity contribution < 1.29 is 17.6 Å². The van der Waals surface area contributed by atoms with Gasteiger partial charge in [0.15, 0.2) is 0 Å². The van der Waals surface area contributed by atoms with Crippen molar-refractivity contribution in [3.05, 3.63) is 44.7 Å². The summed E-state index contributed by atoms with van der Waals surface area (Å²) in [6.07, 6.45) is 1.08. The van der Waals surface area contributed by atoms with Crippen LogP contribution >= 0.6 is 46.1 Å². The van der Waals surface area contributed by atoms with Gasteiger partial charge in [0.2, 0.25) is 11.8 Å². The van der Waals surface area contributed by atoms with E-state index in [9.17, 15) is 13.2 Å². The molecule has 0 aliphatic carbocycles. The number of benzene rings is 1. The van der Waals surface area contributed by atoms with Gasteiger partial charge in [0, 0.05) is 28.7 Å². The number of hydrogen-bond acceptors (Lipinski definition) is 7. The lowest BCUT2D eigenvalue weighted by molar-refractivity contribution is -0.121. The minimum absolute atomic E-state index is 0.0502. The first-order valence-electron chi connectivity index (χ1n) is 9.09. The standard InChI is InChI=1S/C18H15Cl3N4O4S2/c19-12-6-11(7-13(20)8-12)17-23-24-18(29-17)22-16(26)10-2-1-5-25(9-10)31(27,28)15-4-3-14(21)30-15/h3-4,6-8,10H,1-2,5,9H2,(H,22,24,26). The van der Waals surface area contributed by atoms with Crippen LogP contribution in [0.4, 0.5) is 6.01 Å². The number of sulfonamides is 1. The minimum Gasteiger partial charge on any atom is -0.403 e. The van der Waals surface area contributed by atoms with Gasteiger partial charge < -0.3 is 4.42 Å². The molecule has 2 aromatic heterocycles. The fourth-order valence-corrected chi connectivity index (χ4v) is 6.90. The van der Waals surface area contributed by atoms with Crippen LogP contribution in [0, 0.1) is 5.92 Å². The largest absolute Gasteiger partial charge is 0.403 e. The Morgan fingerprint density at radius 3 is 2.58 bits per heavy atom. The van der Waals surface area contributed by atoms with Crippen molar-refractivity contribution in [2.45, 2.75) is 17.1 Å². The molecule has 1 aromatic carbocycles. The lowest BCUT2D eigenvalue weighted by Crippen LogP contribution is -2.43. The molecule has 164 valence electrons. The van der Waals surface area contributed by atoms with E-state index in [-0.39, 0.29) is 22.7 Å². The summed E-state index contributed by atoms with van der Waals surface area (Å²) in [5, 5.41) is 11.1. The van der Waals surface area contributed by atoms with Gasteiger partial charge in [0.1, 0.15) is 4.21 Å². The third-order valence-electron chi connectivity index (χ3n) is 4.66. The smallest absolute Gasteiger partial charge is 0.322 e. The highest BCUT2D eigenvalue weighted by Gasteiger charge is 2.34. The molecular formula is C18H15Cl3N4O4S2. The zero-order chi connectivity index (χ0) is 22.2. The van der Waals surface area contributed by atoms with E-state index in [1.807, 2.05) is 0 Å². The SMILES string of the molecule is O=C(Nc1nnc(-c2cc(Cl)cc(Cl)c2)o1)C1CCCN(S(=O)(=O)c2ccc(Cl)s2)C1. The van der Waals surface area contributed by atoms with Crippen LogP contribution in [-0.2, 0) is 14.8 Å². The zero-order valence-electron chi connectivity index (χ0n) is 15.7. The maximum Gasteiger partial charge on any atom is 0.322 e. The number of thiophene rings is 1. The van der Waals surface area contributed by atoms with Crippen molar-refractivity contribution in [2.24, 2.45) is 5.92 Å². The molecule has 13 heteroatoms. The second-order valence-electron chi connectivity index (χ2n) is 6.82. The average Bonchev–Trinajstić information content (AvgIpc) is 3.37. The van der Waals surface area contributed by atoms with Crippen molar-refractivity contribution in [2.75, 3.05) is 18.4 Å². The van der Waals surface area contributed by atoms with E-state index in [2.05, 4.69) is 15.5 Å². The second kappa shape index (κ2) is 9.05. The van der Waals surface area contributed by atoms with Crippen LogP contribution in [0.3, 0.4) is 0 Å². The zero-order valence-corrected chi connectivity index (χ0v) is 19.6. The Morgan fingerprint density at radius 1 is 1.16 bits per heavy atom. The number of anilines is 1. The van der Waals surface area contributed by atoms with Crippen molar-refractivity contribution in [3.63, 3.8) is 0 Å². The summed E-state index contributed by atoms with van der Waals surface area (Å²) in [5.74, 6) is -0.819. The third kappa shape index (κ3) is 5.05. The summed E-state index contributed by atoms with van der Waals surface area (Å²) < 4.78 is 33.0. The molecule has 1 unspecified atom stereocenters. The van der Waals surface area contributed by atoms with Crippen LogP contribution < -0.4 is 5.32 Å². The molecule has 1 fully saturated rings. The topological polar surface area (TPSA) is 105 Å². The Kier molecular flexibility index (Phi) is 6.57. The number of aromatic nitrogens is 2. The summed E-state index contributed by atoms with van der Waals surface area (Å²) in [6, 6.07) is 7.68. The number of halogens is 3. The van der Waals surface area contributed by atoms with Gasteiger partial charge in [-0.1, -0.05) is 39.9 Å². The Balaban J connectivity index is 1.45. The molecule has 1 atom stereocenters. The quantitative estimate of drug-likeness (QED) is 0.517. The number of carbonyl (C=O) groups is 1. The predicted molar refractivity (Wildman–Crippen MR) is 119 cm³/mol. The van der Waals surface area contributed by atoms with E-state index < -0.39 is 21.8 Å². The Labute approximate surface area is 197 Å². The Morgan fingerprint density at radius 2 is 1.90 bits per heavy atom. The summed E-state index contributed by atoms with van der Waals surface area (Å²) in [4.78, 5) is 12.7. The van der Waals surface area contributed by atoms with Gasteiger partial charge in [-0.05, 0) is 43.2 Å². The highest BCUT2D eigenvalue weighted by atomic mass is 35.5. The second-order valence-corrected chi connectivity index (χ2v) is 11.6. The third-order valence-corrected chi connectivity index (χ3v) is 8.66. The van der Waals surface area contributed by atoms with E-state index in [0.29, 0.717) is 39.3 Å². The monoisotopic (exact) mass is 520 g/mol. The number of rotatable bonds is 5. The van der Waals surface area contributed by atoms with E-state index in [1.165, 1.54) is 16.4 Å². The molecule has 0 bridgehead atoms. The molecule has 1 aliphatic heterocycles. The van der Waals surface area contributed by atoms with Crippen LogP contribution in [0.15, 0.2) is 39.0 Å². The molecule has 0 saturated carbocycles. The Bertz CT molecular complexity index is 1210. The van der Waals surface area contributed by atoms with Crippen LogP contribution in [0.25, 0.3) is 11.5 Å². The van der Waals surface area contributed by atoms with Gasteiger partial charge in [-0.2, -0.15) is 4.31 Å². The van der Waals surface area contributed by atoms with E-state index in [0.717, 1.165) is 11.3 Å². The molecule has 1 amide bonds. The van der Waals surface area contributed by atoms with Crippen LogP contribution in [0.5, 0.6) is 0 Å². The fraction of sp³-hybridized carbons (Fsp3) is 0.278. The van der Waals surface area contributed by atoms with Gasteiger partial charge in [-0.25, -0.2) is 8.42 Å². The maximum absolute atomic E-state index is 12.8. The summed E-state index contributed by atoms with van der Waals surface area (Å²) in [6.45, 7) is 0.385. The van der Waals surface area contributed by atoms with Gasteiger partial charge in [0.25, 0.3) is 10.0 Å². The number of nitrogens with one attached hydrogen (secondary N) is 1. The average molecular weight is 522 g/mol. The number of carbonyl (C=O) groups excluding carboxylic acids is 1. The molecule has 1 aliphatic rings. The number of nitrogens with zero attached hydrogens (tertiary/aromatic N) is 3. The van der Waals surface area contributed by atoms with Crippen molar-refractivity contribution >= 4 is 68.1 Å². The van der Waals surface area contributed by atoms with E-state index in [1.54, 1.807) is 18.2 Å². The molecule has 0 radical (unpaired) electrons. The fourth-order valence-electron chi connectivity index (χ4n) is 3.21. The molecule has 1 saturated heterocycles. The highest BCUT2D eigenvalue weighted by Crippen LogP contribution is 2.31. The summed E-state index contributed by atoms with van der Waals surface area (Å²) in [5.41, 5.74) is 0.509. The molecule has 0 spiro atoms. The normalized spacial score (nSPS) is 17.6. The minimum atomic E-state index is -3.71. The van der Waals surface area contributed by atoms with Crippen molar-refractivity contribution in [1.29, 1.82) is 0 Å². The first-order chi connectivity index (χ1) is 14.7. The number of amides is 1. The molecule has 3 aromatic rings. The lowest BCUT2D eigenvalue weighted by Gasteiger charge is -2.30. The number of hydrogen-bond donors (Lipinski definition) is 1. The molecule has 31 heavy (non-hydrogen) atoms. The molecule has 8 nitrogen and oxygen atoms in total. The van der Waals surface area contributed by atoms with Crippen molar-refractivity contribution in [1.82, 2.24) is 14.5 Å². The maximum atomic E-state index is 12.8. The molecular weight excluding hydrogens is 507 g/mol. The summed E-state index contributed by atoms with van der Waals surface area (Å²) in [7, 11) is -3.71. The molecule has 3 heterocycles. The van der Waals surface area contributed by atoms with Crippen molar-refractivity contribution in [3.8, 4) is 11.5 Å². The lowest BCUT2D eigenvalue weighted by atomic mass is 9.99. The van der Waals surface area contributed by atoms with Gasteiger partial charge in [-0.3, -0.25) is 10.1 Å². The molecule has 4 rings (SSSR count). The van der Waals surface area contributed by atoms with Crippen LogP contribution in [-0.4, -0.2) is 41.9 Å². The number of piperidine rings is 1. The first-order valence-corrected chi connectivity index (χ1v) is 12.5. The van der Waals surface area contributed by atoms with Crippen LogP contribution in [0.1, 0.15) is 12.8 Å². The highest BCUT2D eigenvalue weighted by molar-refractivity contribution is 7.91. The van der Waals surface area contributed by atoms with Crippen LogP contribution in [0.2, 0.25) is 14.4 Å². The van der Waals surface area contributed by atoms with Gasteiger partial charge >= 0.3 is 6.01 Å². The first kappa shape index (κ1) is 22.5. The predicted octanol–water partition coefficient (Wildman–Crippen LogP) is 4.80.